The SMILES string of the molecule is Cc1csc(CN(C)c2ccc(Cl)cc2C#N)n1. The summed E-state index contributed by atoms with van der Waals surface area (Å²) >= 11 is 7.51. The van der Waals surface area contributed by atoms with Gasteiger partial charge >= 0.3 is 0 Å². The molecule has 92 valence electrons. The standard InChI is InChI=1S/C13H12ClN3S/c1-9-8-18-13(16-9)7-17(2)12-4-3-11(14)5-10(12)6-15/h3-5,8H,7H2,1-2H3. The van der Waals surface area contributed by atoms with E-state index in [1.54, 1.807) is 23.5 Å². The van der Waals surface area contributed by atoms with Gasteiger partial charge in [-0.25, -0.2) is 4.98 Å². The maximum absolute atomic E-state index is 9.11. The molecule has 0 unspecified atom stereocenters. The number of benzene rings is 1. The average molecular weight is 278 g/mol. The quantitative estimate of drug-likeness (QED) is 0.860. The first-order valence-electron chi connectivity index (χ1n) is 5.42. The van der Waals surface area contributed by atoms with Gasteiger partial charge in [0.2, 0.25) is 0 Å². The van der Waals surface area contributed by atoms with Crippen LogP contribution < -0.4 is 4.90 Å². The van der Waals surface area contributed by atoms with Crippen molar-refractivity contribution in [2.45, 2.75) is 13.5 Å². The van der Waals surface area contributed by atoms with Gasteiger partial charge in [0.05, 0.1) is 17.8 Å². The second kappa shape index (κ2) is 5.38. The monoisotopic (exact) mass is 277 g/mol. The van der Waals surface area contributed by atoms with Crippen LogP contribution in [0, 0.1) is 18.3 Å². The molecule has 0 bridgehead atoms. The fourth-order valence-electron chi connectivity index (χ4n) is 1.69. The molecule has 0 amide bonds. The molecule has 0 radical (unpaired) electrons. The van der Waals surface area contributed by atoms with Crippen LogP contribution in [0.4, 0.5) is 5.69 Å². The minimum absolute atomic E-state index is 0.578. The summed E-state index contributed by atoms with van der Waals surface area (Å²) in [6, 6.07) is 7.50. The maximum Gasteiger partial charge on any atom is 0.112 e. The molecule has 5 heteroatoms. The van der Waals surface area contributed by atoms with Crippen molar-refractivity contribution < 1.29 is 0 Å². The van der Waals surface area contributed by atoms with E-state index in [1.165, 1.54) is 0 Å². The van der Waals surface area contributed by atoms with Crippen LogP contribution >= 0.6 is 22.9 Å². The lowest BCUT2D eigenvalue weighted by molar-refractivity contribution is 0.903. The predicted octanol–water partition coefficient (Wildman–Crippen LogP) is 3.61. The number of anilines is 1. The number of rotatable bonds is 3. The third-order valence-electron chi connectivity index (χ3n) is 2.53. The Bertz CT molecular complexity index is 601. The molecule has 0 atom stereocenters. The van der Waals surface area contributed by atoms with Crippen molar-refractivity contribution in [2.75, 3.05) is 11.9 Å². The Kier molecular flexibility index (Phi) is 3.85. The van der Waals surface area contributed by atoms with Crippen LogP contribution in [0.2, 0.25) is 5.02 Å². The number of hydrogen-bond acceptors (Lipinski definition) is 4. The van der Waals surface area contributed by atoms with Gasteiger partial charge in [-0.05, 0) is 25.1 Å². The van der Waals surface area contributed by atoms with Gasteiger partial charge in [-0.3, -0.25) is 0 Å². The second-order valence-corrected chi connectivity index (χ2v) is 5.39. The first-order chi connectivity index (χ1) is 8.60. The van der Waals surface area contributed by atoms with Gasteiger partial charge in [0.15, 0.2) is 0 Å². The molecule has 1 aromatic heterocycles. The van der Waals surface area contributed by atoms with Gasteiger partial charge in [0.25, 0.3) is 0 Å². The van der Waals surface area contributed by atoms with Gasteiger partial charge in [0, 0.05) is 23.1 Å². The van der Waals surface area contributed by atoms with Gasteiger partial charge in [-0.2, -0.15) is 5.26 Å². The molecule has 2 aromatic rings. The smallest absolute Gasteiger partial charge is 0.112 e. The Morgan fingerprint density at radius 2 is 2.28 bits per heavy atom. The lowest BCUT2D eigenvalue weighted by Crippen LogP contribution is -2.17. The normalized spacial score (nSPS) is 10.1. The van der Waals surface area contributed by atoms with Crippen molar-refractivity contribution >= 4 is 28.6 Å². The summed E-state index contributed by atoms with van der Waals surface area (Å²) < 4.78 is 0. The molecule has 0 saturated heterocycles. The predicted molar refractivity (Wildman–Crippen MR) is 75.1 cm³/mol. The number of thiazole rings is 1. The van der Waals surface area contributed by atoms with Crippen LogP contribution in [0.1, 0.15) is 16.3 Å². The first kappa shape index (κ1) is 12.9. The van der Waals surface area contributed by atoms with E-state index in [1.807, 2.05) is 30.3 Å². The first-order valence-corrected chi connectivity index (χ1v) is 6.67. The van der Waals surface area contributed by atoms with E-state index in [0.29, 0.717) is 17.1 Å². The minimum atomic E-state index is 0.578. The molecular weight excluding hydrogens is 266 g/mol. The largest absolute Gasteiger partial charge is 0.367 e. The minimum Gasteiger partial charge on any atom is -0.367 e. The van der Waals surface area contributed by atoms with Crippen molar-refractivity contribution in [2.24, 2.45) is 0 Å². The molecule has 1 heterocycles. The fraction of sp³-hybridized carbons (Fsp3) is 0.231. The van der Waals surface area contributed by atoms with Crippen LogP contribution in [0.3, 0.4) is 0 Å². The lowest BCUT2D eigenvalue weighted by Gasteiger charge is -2.19. The van der Waals surface area contributed by atoms with Crippen LogP contribution in [-0.4, -0.2) is 12.0 Å². The highest BCUT2D eigenvalue weighted by atomic mass is 35.5. The zero-order chi connectivity index (χ0) is 13.1. The summed E-state index contributed by atoms with van der Waals surface area (Å²) in [5.41, 5.74) is 2.48. The van der Waals surface area contributed by atoms with E-state index in [2.05, 4.69) is 11.1 Å². The highest BCUT2D eigenvalue weighted by Crippen LogP contribution is 2.24. The lowest BCUT2D eigenvalue weighted by atomic mass is 10.2. The van der Waals surface area contributed by atoms with Crippen molar-refractivity contribution in [1.82, 2.24) is 4.98 Å². The molecule has 3 nitrogen and oxygen atoms in total. The Balaban J connectivity index is 2.24. The highest BCUT2D eigenvalue weighted by Gasteiger charge is 2.10. The summed E-state index contributed by atoms with van der Waals surface area (Å²) in [6.45, 7) is 2.66. The summed E-state index contributed by atoms with van der Waals surface area (Å²) in [7, 11) is 1.95. The Labute approximate surface area is 115 Å². The van der Waals surface area contributed by atoms with E-state index in [9.17, 15) is 0 Å². The third kappa shape index (κ3) is 2.81. The number of nitrogens with zero attached hydrogens (tertiary/aromatic N) is 3. The van der Waals surface area contributed by atoms with Crippen molar-refractivity contribution in [1.29, 1.82) is 5.26 Å². The van der Waals surface area contributed by atoms with Gasteiger partial charge in [-0.15, -0.1) is 11.3 Å². The maximum atomic E-state index is 9.11. The molecular formula is C13H12ClN3S. The van der Waals surface area contributed by atoms with Crippen molar-refractivity contribution in [3.8, 4) is 6.07 Å². The summed E-state index contributed by atoms with van der Waals surface area (Å²) in [5, 5.41) is 12.8. The fourth-order valence-corrected chi connectivity index (χ4v) is 2.69. The number of hydrogen-bond donors (Lipinski definition) is 0. The van der Waals surface area contributed by atoms with Gasteiger partial charge in [-0.1, -0.05) is 11.6 Å². The van der Waals surface area contributed by atoms with Crippen LogP contribution in [-0.2, 0) is 6.54 Å². The number of halogens is 1. The Hall–Kier alpha value is -1.57. The molecule has 18 heavy (non-hydrogen) atoms. The van der Waals surface area contributed by atoms with Crippen LogP contribution in [0.15, 0.2) is 23.6 Å². The topological polar surface area (TPSA) is 39.9 Å². The van der Waals surface area contributed by atoms with E-state index >= 15 is 0 Å². The van der Waals surface area contributed by atoms with Crippen molar-refractivity contribution in [3.05, 3.63) is 44.9 Å². The summed E-state index contributed by atoms with van der Waals surface area (Å²) in [5.74, 6) is 0. The molecule has 1 aromatic carbocycles. The summed E-state index contributed by atoms with van der Waals surface area (Å²) in [4.78, 5) is 6.42. The Morgan fingerprint density at radius 1 is 1.50 bits per heavy atom. The molecule has 0 N–H and O–H groups in total. The second-order valence-electron chi connectivity index (χ2n) is 4.01. The van der Waals surface area contributed by atoms with Gasteiger partial charge in [0.1, 0.15) is 11.1 Å². The molecule has 0 spiro atoms. The molecule has 0 saturated carbocycles. The number of aromatic nitrogens is 1. The van der Waals surface area contributed by atoms with Gasteiger partial charge < -0.3 is 4.90 Å². The third-order valence-corrected chi connectivity index (χ3v) is 3.72. The molecule has 0 fully saturated rings. The molecule has 0 aliphatic rings. The average Bonchev–Trinajstić information content (AvgIpc) is 2.74. The summed E-state index contributed by atoms with van der Waals surface area (Å²) in [6.07, 6.45) is 0. The van der Waals surface area contributed by atoms with Crippen LogP contribution in [0.25, 0.3) is 0 Å². The molecule has 0 aliphatic carbocycles. The zero-order valence-corrected chi connectivity index (χ0v) is 11.7. The van der Waals surface area contributed by atoms with Crippen LogP contribution in [0.5, 0.6) is 0 Å². The van der Waals surface area contributed by atoms with E-state index < -0.39 is 0 Å². The zero-order valence-electron chi connectivity index (χ0n) is 10.1. The Morgan fingerprint density at radius 3 is 2.89 bits per heavy atom. The number of nitriles is 1. The molecule has 2 rings (SSSR count). The van der Waals surface area contributed by atoms with Crippen molar-refractivity contribution in [3.63, 3.8) is 0 Å². The van der Waals surface area contributed by atoms with E-state index in [-0.39, 0.29) is 0 Å². The van der Waals surface area contributed by atoms with E-state index in [4.69, 9.17) is 16.9 Å². The molecule has 0 aliphatic heterocycles. The highest BCUT2D eigenvalue weighted by molar-refractivity contribution is 7.09. The number of aryl methyl sites for hydroxylation is 1. The van der Waals surface area contributed by atoms with E-state index in [0.717, 1.165) is 16.4 Å².